The molecule has 0 aliphatic rings. The minimum atomic E-state index is -0.119. The molecule has 4 nitrogen and oxygen atoms in total. The molecule has 20 heavy (non-hydrogen) atoms. The van der Waals surface area contributed by atoms with E-state index in [4.69, 9.17) is 10.3 Å². The molecule has 0 amide bonds. The van der Waals surface area contributed by atoms with Crippen molar-refractivity contribution >= 4 is 11.3 Å². The van der Waals surface area contributed by atoms with E-state index < -0.39 is 0 Å². The van der Waals surface area contributed by atoms with Gasteiger partial charge in [-0.25, -0.2) is 0 Å². The molecule has 2 aromatic heterocycles. The summed E-state index contributed by atoms with van der Waals surface area (Å²) in [7, 11) is 0. The fourth-order valence-corrected chi connectivity index (χ4v) is 2.72. The van der Waals surface area contributed by atoms with E-state index in [0.717, 1.165) is 5.56 Å². The average molecular weight is 285 g/mol. The third kappa shape index (κ3) is 3.12. The highest BCUT2D eigenvalue weighted by Crippen LogP contribution is 2.16. The quantitative estimate of drug-likeness (QED) is 0.782. The molecular formula is C15H15N3OS. The zero-order valence-electron chi connectivity index (χ0n) is 10.9. The van der Waals surface area contributed by atoms with Crippen molar-refractivity contribution in [2.75, 3.05) is 0 Å². The second kappa shape index (κ2) is 5.98. The number of aromatic nitrogens is 2. The summed E-state index contributed by atoms with van der Waals surface area (Å²) in [6.07, 6.45) is 1.27. The van der Waals surface area contributed by atoms with Crippen molar-refractivity contribution in [3.05, 3.63) is 70.0 Å². The van der Waals surface area contributed by atoms with Crippen molar-refractivity contribution in [2.45, 2.75) is 18.9 Å². The molecule has 0 aliphatic carbocycles. The maximum absolute atomic E-state index is 6.15. The number of hydrogen-bond donors (Lipinski definition) is 1. The Morgan fingerprint density at radius 1 is 1.15 bits per heavy atom. The Morgan fingerprint density at radius 3 is 2.75 bits per heavy atom. The Labute approximate surface area is 121 Å². The van der Waals surface area contributed by atoms with Crippen molar-refractivity contribution in [3.63, 3.8) is 0 Å². The van der Waals surface area contributed by atoms with Crippen LogP contribution in [0.5, 0.6) is 0 Å². The number of hydrogen-bond acceptors (Lipinski definition) is 5. The van der Waals surface area contributed by atoms with Gasteiger partial charge < -0.3 is 10.3 Å². The number of nitrogens with two attached hydrogens (primary N) is 1. The van der Waals surface area contributed by atoms with E-state index in [9.17, 15) is 0 Å². The summed E-state index contributed by atoms with van der Waals surface area (Å²) in [5.41, 5.74) is 7.22. The maximum atomic E-state index is 6.15. The lowest BCUT2D eigenvalue weighted by Crippen LogP contribution is -2.13. The molecule has 0 spiro atoms. The Balaban J connectivity index is 1.65. The minimum Gasteiger partial charge on any atom is -0.339 e. The van der Waals surface area contributed by atoms with E-state index >= 15 is 0 Å². The molecule has 0 radical (unpaired) electrons. The smallest absolute Gasteiger partial charge is 0.228 e. The topological polar surface area (TPSA) is 64.9 Å². The highest BCUT2D eigenvalue weighted by molar-refractivity contribution is 7.09. The van der Waals surface area contributed by atoms with E-state index in [2.05, 4.69) is 16.2 Å². The summed E-state index contributed by atoms with van der Waals surface area (Å²) in [6.45, 7) is 0. The fourth-order valence-electron chi connectivity index (χ4n) is 2.02. The molecular weight excluding hydrogens is 270 g/mol. The molecule has 1 aromatic carbocycles. The van der Waals surface area contributed by atoms with Gasteiger partial charge in [0, 0.05) is 23.8 Å². The third-order valence-corrected chi connectivity index (χ3v) is 3.92. The number of thiophene rings is 1. The predicted octanol–water partition coefficient (Wildman–Crippen LogP) is 2.96. The van der Waals surface area contributed by atoms with Crippen molar-refractivity contribution < 1.29 is 4.52 Å². The standard InChI is InChI=1S/C15H15N3OS/c16-13(11-5-2-1-3-6-11)10-15-17-14(18-19-15)9-12-7-4-8-20-12/h1-8,13H,9-10,16H2. The van der Waals surface area contributed by atoms with Gasteiger partial charge in [-0.05, 0) is 17.0 Å². The van der Waals surface area contributed by atoms with Crippen LogP contribution in [0, 0.1) is 0 Å². The van der Waals surface area contributed by atoms with Crippen LogP contribution in [-0.4, -0.2) is 10.1 Å². The molecule has 0 saturated carbocycles. The Bertz CT molecular complexity index is 649. The number of benzene rings is 1. The van der Waals surface area contributed by atoms with Gasteiger partial charge in [0.1, 0.15) is 0 Å². The maximum Gasteiger partial charge on any atom is 0.228 e. The minimum absolute atomic E-state index is 0.119. The van der Waals surface area contributed by atoms with Crippen LogP contribution in [0.25, 0.3) is 0 Å². The molecule has 0 bridgehead atoms. The first-order valence-corrected chi connectivity index (χ1v) is 7.33. The van der Waals surface area contributed by atoms with Crippen LogP contribution in [0.3, 0.4) is 0 Å². The van der Waals surface area contributed by atoms with Gasteiger partial charge >= 0.3 is 0 Å². The molecule has 0 aliphatic heterocycles. The molecule has 3 aromatic rings. The zero-order valence-corrected chi connectivity index (χ0v) is 11.7. The Hall–Kier alpha value is -1.98. The van der Waals surface area contributed by atoms with Gasteiger partial charge in [-0.15, -0.1) is 11.3 Å². The van der Waals surface area contributed by atoms with Gasteiger partial charge in [-0.1, -0.05) is 41.6 Å². The fraction of sp³-hybridized carbons (Fsp3) is 0.200. The van der Waals surface area contributed by atoms with Gasteiger partial charge in [0.05, 0.1) is 0 Å². The number of rotatable bonds is 5. The molecule has 2 heterocycles. The monoisotopic (exact) mass is 285 g/mol. The SMILES string of the molecule is NC(Cc1nc(Cc2cccs2)no1)c1ccccc1. The van der Waals surface area contributed by atoms with Crippen LogP contribution >= 0.6 is 11.3 Å². The predicted molar refractivity (Wildman–Crippen MR) is 78.5 cm³/mol. The van der Waals surface area contributed by atoms with Crippen LogP contribution in [-0.2, 0) is 12.8 Å². The van der Waals surface area contributed by atoms with Crippen molar-refractivity contribution in [1.82, 2.24) is 10.1 Å². The zero-order chi connectivity index (χ0) is 13.8. The van der Waals surface area contributed by atoms with Gasteiger partial charge in [0.25, 0.3) is 0 Å². The summed E-state index contributed by atoms with van der Waals surface area (Å²) < 4.78 is 5.27. The Kier molecular flexibility index (Phi) is 3.90. The summed E-state index contributed by atoms with van der Waals surface area (Å²) >= 11 is 1.69. The molecule has 3 rings (SSSR count). The molecule has 2 N–H and O–H groups in total. The normalized spacial score (nSPS) is 12.4. The molecule has 102 valence electrons. The van der Waals surface area contributed by atoms with Gasteiger partial charge in [0.15, 0.2) is 5.82 Å². The third-order valence-electron chi connectivity index (χ3n) is 3.04. The summed E-state index contributed by atoms with van der Waals surface area (Å²) in [4.78, 5) is 5.63. The first-order valence-electron chi connectivity index (χ1n) is 6.45. The van der Waals surface area contributed by atoms with E-state index in [1.54, 1.807) is 11.3 Å². The van der Waals surface area contributed by atoms with Crippen LogP contribution in [0.4, 0.5) is 0 Å². The highest BCUT2D eigenvalue weighted by atomic mass is 32.1. The van der Waals surface area contributed by atoms with E-state index in [1.165, 1.54) is 4.88 Å². The van der Waals surface area contributed by atoms with Crippen LogP contribution in [0.2, 0.25) is 0 Å². The second-order valence-corrected chi connectivity index (χ2v) is 5.61. The van der Waals surface area contributed by atoms with Crippen LogP contribution in [0.15, 0.2) is 52.4 Å². The van der Waals surface area contributed by atoms with Crippen molar-refractivity contribution in [2.24, 2.45) is 5.73 Å². The first-order chi connectivity index (χ1) is 9.81. The lowest BCUT2D eigenvalue weighted by molar-refractivity contribution is 0.366. The van der Waals surface area contributed by atoms with Gasteiger partial charge in [0.2, 0.25) is 5.89 Å². The largest absolute Gasteiger partial charge is 0.339 e. The highest BCUT2D eigenvalue weighted by Gasteiger charge is 2.13. The molecule has 1 atom stereocenters. The van der Waals surface area contributed by atoms with E-state index in [0.29, 0.717) is 24.6 Å². The molecule has 1 unspecified atom stereocenters. The van der Waals surface area contributed by atoms with Crippen LogP contribution < -0.4 is 5.73 Å². The Morgan fingerprint density at radius 2 is 2.00 bits per heavy atom. The summed E-state index contributed by atoms with van der Waals surface area (Å²) in [5, 5.41) is 6.05. The first kappa shape index (κ1) is 13.0. The molecule has 5 heteroatoms. The summed E-state index contributed by atoms with van der Waals surface area (Å²) in [5.74, 6) is 1.30. The molecule has 0 saturated heterocycles. The second-order valence-electron chi connectivity index (χ2n) is 4.58. The van der Waals surface area contributed by atoms with E-state index in [-0.39, 0.29) is 6.04 Å². The van der Waals surface area contributed by atoms with Gasteiger partial charge in [-0.3, -0.25) is 0 Å². The number of nitrogens with zero attached hydrogens (tertiary/aromatic N) is 2. The van der Waals surface area contributed by atoms with Crippen molar-refractivity contribution in [1.29, 1.82) is 0 Å². The van der Waals surface area contributed by atoms with E-state index in [1.807, 2.05) is 41.8 Å². The average Bonchev–Trinajstić information content (AvgIpc) is 3.12. The lowest BCUT2D eigenvalue weighted by atomic mass is 10.1. The molecule has 0 fully saturated rings. The van der Waals surface area contributed by atoms with Crippen LogP contribution in [0.1, 0.15) is 28.2 Å². The van der Waals surface area contributed by atoms with Gasteiger partial charge in [-0.2, -0.15) is 4.98 Å². The summed E-state index contributed by atoms with van der Waals surface area (Å²) in [6, 6.07) is 13.9. The lowest BCUT2D eigenvalue weighted by Gasteiger charge is -2.08. The van der Waals surface area contributed by atoms with Crippen molar-refractivity contribution in [3.8, 4) is 0 Å².